The Morgan fingerprint density at radius 1 is 1.39 bits per heavy atom. The predicted octanol–water partition coefficient (Wildman–Crippen LogP) is 1.90. The molecule has 0 saturated carbocycles. The van der Waals surface area contributed by atoms with Crippen molar-refractivity contribution in [3.8, 4) is 5.75 Å². The first-order valence-electron chi connectivity index (χ1n) is 7.30. The molecule has 2 heterocycles. The van der Waals surface area contributed by atoms with E-state index in [2.05, 4.69) is 15.5 Å². The lowest BCUT2D eigenvalue weighted by Gasteiger charge is -2.09. The van der Waals surface area contributed by atoms with Crippen LogP contribution in [0.25, 0.3) is 0 Å². The van der Waals surface area contributed by atoms with Crippen LogP contribution >= 0.6 is 0 Å². The zero-order valence-corrected chi connectivity index (χ0v) is 12.7. The van der Waals surface area contributed by atoms with Crippen LogP contribution in [0.15, 0.2) is 53.9 Å². The summed E-state index contributed by atoms with van der Waals surface area (Å²) in [5.74, 6) is 0.560. The molecule has 1 aromatic heterocycles. The lowest BCUT2D eigenvalue weighted by molar-refractivity contribution is -0.131. The minimum atomic E-state index is -0.604. The lowest BCUT2D eigenvalue weighted by Crippen LogP contribution is -2.34. The van der Waals surface area contributed by atoms with Gasteiger partial charge >= 0.3 is 0 Å². The quantitative estimate of drug-likeness (QED) is 0.915. The first-order valence-corrected chi connectivity index (χ1v) is 7.30. The zero-order valence-electron chi connectivity index (χ0n) is 12.7. The Morgan fingerprint density at radius 2 is 2.30 bits per heavy atom. The van der Waals surface area contributed by atoms with Crippen LogP contribution in [0, 0.1) is 0 Å². The van der Waals surface area contributed by atoms with Crippen LogP contribution in [0.2, 0.25) is 0 Å². The van der Waals surface area contributed by atoms with Gasteiger partial charge in [-0.2, -0.15) is 0 Å². The van der Waals surface area contributed by atoms with Gasteiger partial charge in [0.05, 0.1) is 12.8 Å². The molecular formula is C17H17N3O3. The number of oxime groups is 1. The molecule has 1 aromatic carbocycles. The fourth-order valence-electron chi connectivity index (χ4n) is 2.30. The van der Waals surface area contributed by atoms with Crippen molar-refractivity contribution in [3.05, 3.63) is 59.9 Å². The van der Waals surface area contributed by atoms with Gasteiger partial charge in [0.1, 0.15) is 5.75 Å². The maximum absolute atomic E-state index is 12.2. The molecule has 1 N–H and O–H groups in total. The molecule has 6 nitrogen and oxygen atoms in total. The third-order valence-corrected chi connectivity index (χ3v) is 3.55. The van der Waals surface area contributed by atoms with Crippen molar-refractivity contribution in [2.75, 3.05) is 7.11 Å². The second-order valence-corrected chi connectivity index (χ2v) is 5.15. The number of methoxy groups -OCH3 is 1. The van der Waals surface area contributed by atoms with E-state index in [0.717, 1.165) is 22.6 Å². The van der Waals surface area contributed by atoms with Gasteiger partial charge in [-0.1, -0.05) is 23.4 Å². The smallest absolute Gasteiger partial charge is 0.264 e. The van der Waals surface area contributed by atoms with E-state index in [-0.39, 0.29) is 5.91 Å². The van der Waals surface area contributed by atoms with Gasteiger partial charge in [-0.3, -0.25) is 9.78 Å². The molecule has 0 spiro atoms. The van der Waals surface area contributed by atoms with Crippen molar-refractivity contribution in [3.63, 3.8) is 0 Å². The molecule has 1 aliphatic heterocycles. The summed E-state index contributed by atoms with van der Waals surface area (Å²) in [6.07, 6.45) is 3.24. The molecule has 0 unspecified atom stereocenters. The SMILES string of the molecule is COc1cccc(C2=NO[C@H](C(=O)NCc3cccnc3)C2)c1. The third-order valence-electron chi connectivity index (χ3n) is 3.55. The summed E-state index contributed by atoms with van der Waals surface area (Å²) in [4.78, 5) is 21.4. The van der Waals surface area contributed by atoms with Crippen LogP contribution in [0.1, 0.15) is 17.5 Å². The number of aromatic nitrogens is 1. The molecule has 1 amide bonds. The molecule has 118 valence electrons. The molecule has 0 radical (unpaired) electrons. The Labute approximate surface area is 134 Å². The number of pyridine rings is 1. The number of rotatable bonds is 5. The second kappa shape index (κ2) is 6.91. The Bertz CT molecular complexity index is 716. The van der Waals surface area contributed by atoms with Gasteiger partial charge in [0.2, 0.25) is 6.10 Å². The van der Waals surface area contributed by atoms with Gasteiger partial charge in [-0.25, -0.2) is 0 Å². The van der Waals surface area contributed by atoms with E-state index in [4.69, 9.17) is 9.57 Å². The Hall–Kier alpha value is -2.89. The average molecular weight is 311 g/mol. The van der Waals surface area contributed by atoms with E-state index in [0.29, 0.717) is 13.0 Å². The van der Waals surface area contributed by atoms with Gasteiger partial charge in [0.15, 0.2) is 0 Å². The number of nitrogens with zero attached hydrogens (tertiary/aromatic N) is 2. The topological polar surface area (TPSA) is 72.8 Å². The summed E-state index contributed by atoms with van der Waals surface area (Å²) in [5, 5.41) is 6.86. The van der Waals surface area contributed by atoms with Crippen LogP contribution in [0.5, 0.6) is 5.75 Å². The van der Waals surface area contributed by atoms with E-state index in [1.165, 1.54) is 0 Å². The predicted molar refractivity (Wildman–Crippen MR) is 85.1 cm³/mol. The Morgan fingerprint density at radius 3 is 3.09 bits per heavy atom. The van der Waals surface area contributed by atoms with E-state index in [1.807, 2.05) is 36.4 Å². The number of ether oxygens (including phenoxy) is 1. The summed E-state index contributed by atoms with van der Waals surface area (Å²) in [5.41, 5.74) is 2.57. The van der Waals surface area contributed by atoms with Crippen LogP contribution < -0.4 is 10.1 Å². The van der Waals surface area contributed by atoms with E-state index in [9.17, 15) is 4.79 Å². The minimum Gasteiger partial charge on any atom is -0.497 e. The summed E-state index contributed by atoms with van der Waals surface area (Å²) in [7, 11) is 1.61. The number of hydrogen-bond donors (Lipinski definition) is 1. The summed E-state index contributed by atoms with van der Waals surface area (Å²) in [6, 6.07) is 11.3. The van der Waals surface area contributed by atoms with Crippen LogP contribution in [0.3, 0.4) is 0 Å². The number of nitrogens with one attached hydrogen (secondary N) is 1. The fourth-order valence-corrected chi connectivity index (χ4v) is 2.30. The largest absolute Gasteiger partial charge is 0.497 e. The highest BCUT2D eigenvalue weighted by atomic mass is 16.6. The second-order valence-electron chi connectivity index (χ2n) is 5.15. The highest BCUT2D eigenvalue weighted by Crippen LogP contribution is 2.20. The van der Waals surface area contributed by atoms with Crippen molar-refractivity contribution >= 4 is 11.6 Å². The number of hydrogen-bond acceptors (Lipinski definition) is 5. The molecule has 6 heteroatoms. The summed E-state index contributed by atoms with van der Waals surface area (Å²) < 4.78 is 5.20. The fraction of sp³-hybridized carbons (Fsp3) is 0.235. The number of carbonyl (C=O) groups excluding carboxylic acids is 1. The van der Waals surface area contributed by atoms with Crippen LogP contribution in [-0.2, 0) is 16.2 Å². The molecule has 3 rings (SSSR count). The van der Waals surface area contributed by atoms with Gasteiger partial charge < -0.3 is 14.9 Å². The number of benzene rings is 1. The molecule has 0 bridgehead atoms. The van der Waals surface area contributed by atoms with E-state index < -0.39 is 6.10 Å². The first kappa shape index (κ1) is 15.0. The Balaban J connectivity index is 1.57. The van der Waals surface area contributed by atoms with E-state index in [1.54, 1.807) is 19.5 Å². The first-order chi connectivity index (χ1) is 11.3. The van der Waals surface area contributed by atoms with Gasteiger partial charge in [-0.05, 0) is 23.8 Å². The maximum atomic E-state index is 12.2. The molecule has 0 saturated heterocycles. The standard InChI is InChI=1S/C17H17N3O3/c1-22-14-6-2-5-13(8-14)15-9-16(23-20-15)17(21)19-11-12-4-3-7-18-10-12/h2-8,10,16H,9,11H2,1H3,(H,19,21)/t16-/m0/s1. The van der Waals surface area contributed by atoms with Crippen molar-refractivity contribution in [1.82, 2.24) is 10.3 Å². The number of amides is 1. The monoisotopic (exact) mass is 311 g/mol. The zero-order chi connectivity index (χ0) is 16.1. The third kappa shape index (κ3) is 3.66. The summed E-state index contributed by atoms with van der Waals surface area (Å²) in [6.45, 7) is 0.418. The van der Waals surface area contributed by atoms with Crippen molar-refractivity contribution < 1.29 is 14.4 Å². The van der Waals surface area contributed by atoms with Gasteiger partial charge in [-0.15, -0.1) is 0 Å². The molecule has 1 atom stereocenters. The van der Waals surface area contributed by atoms with Crippen LogP contribution in [-0.4, -0.2) is 29.8 Å². The molecular weight excluding hydrogens is 294 g/mol. The highest BCUT2D eigenvalue weighted by molar-refractivity contribution is 6.04. The average Bonchev–Trinajstić information content (AvgIpc) is 3.11. The normalized spacial score (nSPS) is 16.4. The number of carbonyl (C=O) groups is 1. The van der Waals surface area contributed by atoms with Crippen molar-refractivity contribution in [2.45, 2.75) is 19.1 Å². The highest BCUT2D eigenvalue weighted by Gasteiger charge is 2.28. The van der Waals surface area contributed by atoms with Gasteiger partial charge in [0.25, 0.3) is 5.91 Å². The van der Waals surface area contributed by atoms with Crippen LogP contribution in [0.4, 0.5) is 0 Å². The van der Waals surface area contributed by atoms with Gasteiger partial charge in [0, 0.05) is 30.9 Å². The molecule has 2 aromatic rings. The van der Waals surface area contributed by atoms with Crippen molar-refractivity contribution in [2.24, 2.45) is 5.16 Å². The lowest BCUT2D eigenvalue weighted by atomic mass is 10.0. The molecule has 1 aliphatic rings. The Kier molecular flexibility index (Phi) is 4.52. The molecule has 0 fully saturated rings. The molecule has 23 heavy (non-hydrogen) atoms. The molecule has 0 aliphatic carbocycles. The van der Waals surface area contributed by atoms with Crippen molar-refractivity contribution in [1.29, 1.82) is 0 Å². The van der Waals surface area contributed by atoms with E-state index >= 15 is 0 Å². The minimum absolute atomic E-state index is 0.185. The summed E-state index contributed by atoms with van der Waals surface area (Å²) >= 11 is 0. The maximum Gasteiger partial charge on any atom is 0.264 e.